The van der Waals surface area contributed by atoms with E-state index in [4.69, 9.17) is 0 Å². The molecule has 0 aliphatic carbocycles. The van der Waals surface area contributed by atoms with Gasteiger partial charge in [-0.25, -0.2) is 4.79 Å². The molecule has 1 aliphatic heterocycles. The van der Waals surface area contributed by atoms with E-state index >= 15 is 0 Å². The molecule has 2 N–H and O–H groups in total. The number of carbonyl (C=O) groups is 1. The van der Waals surface area contributed by atoms with Gasteiger partial charge in [-0.15, -0.1) is 0 Å². The van der Waals surface area contributed by atoms with Crippen molar-refractivity contribution < 1.29 is 4.79 Å². The second-order valence-corrected chi connectivity index (χ2v) is 5.87. The first-order chi connectivity index (χ1) is 11.3. The van der Waals surface area contributed by atoms with Gasteiger partial charge in [0.2, 0.25) is 0 Å². The highest BCUT2D eigenvalue weighted by molar-refractivity contribution is 5.89. The van der Waals surface area contributed by atoms with Gasteiger partial charge in [-0.3, -0.25) is 4.90 Å². The number of likely N-dealkylation sites (tertiary alicyclic amines) is 1. The summed E-state index contributed by atoms with van der Waals surface area (Å²) < 4.78 is 0. The first-order valence-corrected chi connectivity index (χ1v) is 8.22. The Hall–Kier alpha value is -2.33. The smallest absolute Gasteiger partial charge is 0.319 e. The zero-order valence-corrected chi connectivity index (χ0v) is 13.2. The average Bonchev–Trinajstić information content (AvgIpc) is 3.11. The van der Waals surface area contributed by atoms with Crippen LogP contribution in [0.5, 0.6) is 0 Å². The van der Waals surface area contributed by atoms with Crippen LogP contribution in [0.2, 0.25) is 0 Å². The lowest BCUT2D eigenvalue weighted by atomic mass is 10.1. The second kappa shape index (κ2) is 7.79. The normalized spacial score (nSPS) is 16.0. The molecule has 120 valence electrons. The fourth-order valence-electron chi connectivity index (χ4n) is 3.07. The number of para-hydroxylation sites is 1. The minimum Gasteiger partial charge on any atom is -0.336 e. The quantitative estimate of drug-likeness (QED) is 0.885. The van der Waals surface area contributed by atoms with E-state index < -0.39 is 0 Å². The molecule has 3 rings (SSSR count). The van der Waals surface area contributed by atoms with Crippen molar-refractivity contribution in [1.82, 2.24) is 10.2 Å². The van der Waals surface area contributed by atoms with Crippen molar-refractivity contribution in [2.45, 2.75) is 18.9 Å². The number of urea groups is 1. The summed E-state index contributed by atoms with van der Waals surface area (Å²) in [5.74, 6) is 0. The summed E-state index contributed by atoms with van der Waals surface area (Å²) in [7, 11) is 0. The third kappa shape index (κ3) is 4.33. The predicted molar refractivity (Wildman–Crippen MR) is 93.5 cm³/mol. The molecule has 4 nitrogen and oxygen atoms in total. The van der Waals surface area contributed by atoms with Crippen LogP contribution in [-0.4, -0.2) is 30.6 Å². The first kappa shape index (κ1) is 15.6. The third-order valence-electron chi connectivity index (χ3n) is 4.25. The predicted octanol–water partition coefficient (Wildman–Crippen LogP) is 3.65. The zero-order valence-electron chi connectivity index (χ0n) is 13.2. The molecule has 0 aromatic heterocycles. The van der Waals surface area contributed by atoms with Crippen LogP contribution in [0.15, 0.2) is 60.7 Å². The van der Waals surface area contributed by atoms with Gasteiger partial charge < -0.3 is 10.6 Å². The summed E-state index contributed by atoms with van der Waals surface area (Å²) in [6, 6.07) is 20.0. The summed E-state index contributed by atoms with van der Waals surface area (Å²) in [4.78, 5) is 14.6. The molecule has 1 fully saturated rings. The van der Waals surface area contributed by atoms with Crippen LogP contribution in [0.3, 0.4) is 0 Å². The molecular formula is C19H23N3O. The zero-order chi connectivity index (χ0) is 15.9. The molecular weight excluding hydrogens is 286 g/mol. The molecule has 1 aliphatic rings. The van der Waals surface area contributed by atoms with Crippen molar-refractivity contribution in [3.63, 3.8) is 0 Å². The molecule has 2 amide bonds. The minimum atomic E-state index is -0.156. The lowest BCUT2D eigenvalue weighted by Crippen LogP contribution is -2.38. The number of hydrogen-bond acceptors (Lipinski definition) is 2. The highest BCUT2D eigenvalue weighted by Crippen LogP contribution is 2.24. The van der Waals surface area contributed by atoms with E-state index in [-0.39, 0.29) is 12.1 Å². The summed E-state index contributed by atoms with van der Waals surface area (Å²) in [5.41, 5.74) is 2.07. The Morgan fingerprint density at radius 1 is 0.957 bits per heavy atom. The van der Waals surface area contributed by atoms with Crippen LogP contribution in [0.1, 0.15) is 24.4 Å². The Balaban J connectivity index is 1.61. The molecule has 23 heavy (non-hydrogen) atoms. The van der Waals surface area contributed by atoms with Gasteiger partial charge in [0.1, 0.15) is 0 Å². The van der Waals surface area contributed by atoms with Crippen LogP contribution in [-0.2, 0) is 0 Å². The van der Waals surface area contributed by atoms with Crippen LogP contribution in [0, 0.1) is 0 Å². The fourth-order valence-corrected chi connectivity index (χ4v) is 3.07. The molecule has 1 heterocycles. The van der Waals surface area contributed by atoms with E-state index in [1.165, 1.54) is 18.4 Å². The van der Waals surface area contributed by atoms with Gasteiger partial charge in [0, 0.05) is 12.2 Å². The molecule has 0 bridgehead atoms. The number of nitrogens with zero attached hydrogens (tertiary/aromatic N) is 1. The van der Waals surface area contributed by atoms with Crippen LogP contribution < -0.4 is 10.6 Å². The molecule has 4 heteroatoms. The number of nitrogens with one attached hydrogen (secondary N) is 2. The van der Waals surface area contributed by atoms with E-state index in [0.717, 1.165) is 18.8 Å². The Labute approximate surface area is 137 Å². The van der Waals surface area contributed by atoms with Crippen molar-refractivity contribution in [3.05, 3.63) is 66.2 Å². The first-order valence-electron chi connectivity index (χ1n) is 8.22. The van der Waals surface area contributed by atoms with E-state index in [9.17, 15) is 4.79 Å². The van der Waals surface area contributed by atoms with E-state index in [1.807, 2.05) is 36.4 Å². The van der Waals surface area contributed by atoms with Crippen molar-refractivity contribution in [2.75, 3.05) is 25.0 Å². The van der Waals surface area contributed by atoms with Gasteiger partial charge in [-0.1, -0.05) is 48.5 Å². The van der Waals surface area contributed by atoms with Crippen molar-refractivity contribution >= 4 is 11.7 Å². The highest BCUT2D eigenvalue weighted by Gasteiger charge is 2.23. The Morgan fingerprint density at radius 3 is 2.22 bits per heavy atom. The standard InChI is InChI=1S/C19H23N3O/c23-19(21-17-11-5-2-6-12-17)20-15-18(22-13-7-8-14-22)16-9-3-1-4-10-16/h1-6,9-12,18H,7-8,13-15H2,(H2,20,21,23)/t18-/m1/s1. The largest absolute Gasteiger partial charge is 0.336 e. The summed E-state index contributed by atoms with van der Waals surface area (Å²) in [5, 5.41) is 5.89. The maximum atomic E-state index is 12.1. The van der Waals surface area contributed by atoms with Gasteiger partial charge in [-0.2, -0.15) is 0 Å². The Morgan fingerprint density at radius 2 is 1.57 bits per heavy atom. The number of benzene rings is 2. The summed E-state index contributed by atoms with van der Waals surface area (Å²) in [6.07, 6.45) is 2.47. The van der Waals surface area contributed by atoms with Gasteiger partial charge in [-0.05, 0) is 43.6 Å². The van der Waals surface area contributed by atoms with E-state index in [2.05, 4.69) is 39.8 Å². The van der Waals surface area contributed by atoms with Crippen molar-refractivity contribution in [2.24, 2.45) is 0 Å². The Bertz CT molecular complexity index is 609. The molecule has 2 aromatic carbocycles. The van der Waals surface area contributed by atoms with Crippen molar-refractivity contribution in [3.8, 4) is 0 Å². The second-order valence-electron chi connectivity index (χ2n) is 5.87. The topological polar surface area (TPSA) is 44.4 Å². The number of anilines is 1. The van der Waals surface area contributed by atoms with Crippen LogP contribution in [0.4, 0.5) is 10.5 Å². The van der Waals surface area contributed by atoms with Crippen LogP contribution in [0.25, 0.3) is 0 Å². The molecule has 0 radical (unpaired) electrons. The molecule has 1 saturated heterocycles. The number of hydrogen-bond donors (Lipinski definition) is 2. The molecule has 2 aromatic rings. The average molecular weight is 309 g/mol. The maximum absolute atomic E-state index is 12.1. The monoisotopic (exact) mass is 309 g/mol. The van der Waals surface area contributed by atoms with E-state index in [0.29, 0.717) is 6.54 Å². The molecule has 0 unspecified atom stereocenters. The van der Waals surface area contributed by atoms with Gasteiger partial charge in [0.15, 0.2) is 0 Å². The van der Waals surface area contributed by atoms with Gasteiger partial charge in [0.25, 0.3) is 0 Å². The maximum Gasteiger partial charge on any atom is 0.319 e. The van der Waals surface area contributed by atoms with Gasteiger partial charge in [0.05, 0.1) is 6.04 Å². The number of rotatable bonds is 5. The lowest BCUT2D eigenvalue weighted by Gasteiger charge is -2.28. The number of carbonyl (C=O) groups excluding carboxylic acids is 1. The van der Waals surface area contributed by atoms with Crippen LogP contribution >= 0.6 is 0 Å². The number of amides is 2. The van der Waals surface area contributed by atoms with Crippen molar-refractivity contribution in [1.29, 1.82) is 0 Å². The van der Waals surface area contributed by atoms with Gasteiger partial charge >= 0.3 is 6.03 Å². The lowest BCUT2D eigenvalue weighted by molar-refractivity contribution is 0.227. The molecule has 0 saturated carbocycles. The Kier molecular flexibility index (Phi) is 5.27. The summed E-state index contributed by atoms with van der Waals surface area (Å²) >= 11 is 0. The molecule has 0 spiro atoms. The summed E-state index contributed by atoms with van der Waals surface area (Å²) in [6.45, 7) is 2.81. The minimum absolute atomic E-state index is 0.156. The van der Waals surface area contributed by atoms with E-state index in [1.54, 1.807) is 0 Å². The highest BCUT2D eigenvalue weighted by atomic mass is 16.2. The third-order valence-corrected chi connectivity index (χ3v) is 4.25. The molecule has 1 atom stereocenters. The SMILES string of the molecule is O=C(NC[C@H](c1ccccc1)N1CCCC1)Nc1ccccc1. The fraction of sp³-hybridized carbons (Fsp3) is 0.316.